The summed E-state index contributed by atoms with van der Waals surface area (Å²) >= 11 is 6.91. The van der Waals surface area contributed by atoms with E-state index in [4.69, 9.17) is 14.8 Å². The summed E-state index contributed by atoms with van der Waals surface area (Å²) in [6.45, 7) is 0.528. The number of fused-ring (bicyclic) bond motifs is 1. The number of nitrogens with zero attached hydrogens (tertiary/aromatic N) is 3. The molecule has 0 spiro atoms. The number of rotatable bonds is 4. The summed E-state index contributed by atoms with van der Waals surface area (Å²) < 4.78 is 7.02. The maximum atomic E-state index is 5.95. The van der Waals surface area contributed by atoms with Gasteiger partial charge in [0.2, 0.25) is 5.13 Å². The molecule has 0 amide bonds. The van der Waals surface area contributed by atoms with Gasteiger partial charge in [-0.05, 0) is 41.3 Å². The minimum atomic E-state index is 0.122. The maximum Gasteiger partial charge on any atom is 0.207 e. The lowest BCUT2D eigenvalue weighted by Gasteiger charge is -2.21. The summed E-state index contributed by atoms with van der Waals surface area (Å²) in [5.74, 6) is 0.923. The Morgan fingerprint density at radius 3 is 2.72 bits per heavy atom. The molecule has 2 aromatic heterocycles. The number of benzene rings is 2. The van der Waals surface area contributed by atoms with Crippen molar-refractivity contribution in [2.75, 3.05) is 11.6 Å². The summed E-state index contributed by atoms with van der Waals surface area (Å²) in [7, 11) is 0. The average Bonchev–Trinajstić information content (AvgIpc) is 3.59. The van der Waals surface area contributed by atoms with Crippen LogP contribution in [0.15, 0.2) is 81.0 Å². The Kier molecular flexibility index (Phi) is 5.17. The Morgan fingerprint density at radius 1 is 1.00 bits per heavy atom. The molecule has 1 atom stereocenters. The third-order valence-corrected chi connectivity index (χ3v) is 7.90. The van der Waals surface area contributed by atoms with E-state index in [1.54, 1.807) is 22.7 Å². The topological polar surface area (TPSA) is 37.7 Å². The fourth-order valence-electron chi connectivity index (χ4n) is 4.00. The fourth-order valence-corrected chi connectivity index (χ4v) is 5.84. The second kappa shape index (κ2) is 8.31. The molecule has 2 aliphatic heterocycles. The highest BCUT2D eigenvalue weighted by molar-refractivity contribution is 9.10. The average molecular weight is 520 g/mol. The lowest BCUT2D eigenvalue weighted by Crippen LogP contribution is -2.18. The summed E-state index contributed by atoms with van der Waals surface area (Å²) in [5.41, 5.74) is 5.48. The van der Waals surface area contributed by atoms with Gasteiger partial charge in [-0.1, -0.05) is 52.3 Å². The Morgan fingerprint density at radius 2 is 1.88 bits per heavy atom. The van der Waals surface area contributed by atoms with E-state index in [0.717, 1.165) is 44.3 Å². The first-order valence-electron chi connectivity index (χ1n) is 10.3. The number of aromatic nitrogens is 1. The van der Waals surface area contributed by atoms with E-state index in [1.165, 1.54) is 10.4 Å². The van der Waals surface area contributed by atoms with Crippen LogP contribution in [0.1, 0.15) is 34.2 Å². The summed E-state index contributed by atoms with van der Waals surface area (Å²) in [6.07, 6.45) is 3.03. The van der Waals surface area contributed by atoms with Crippen molar-refractivity contribution < 1.29 is 4.74 Å². The Labute approximate surface area is 202 Å². The number of para-hydroxylation sites is 1. The molecule has 1 unspecified atom stereocenters. The molecular weight excluding hydrogens is 502 g/mol. The molecule has 0 saturated heterocycles. The van der Waals surface area contributed by atoms with Crippen LogP contribution in [-0.4, -0.2) is 17.3 Å². The number of ether oxygens (including phenoxy) is 1. The molecule has 0 aliphatic carbocycles. The van der Waals surface area contributed by atoms with Crippen LogP contribution in [0.2, 0.25) is 0 Å². The smallest absolute Gasteiger partial charge is 0.207 e. The highest BCUT2D eigenvalue weighted by Crippen LogP contribution is 2.40. The monoisotopic (exact) mass is 519 g/mol. The standard InChI is InChI=1S/C25H18BrN3OS2/c26-19-9-7-16(8-10-19)22-13-20(24-6-3-11-31-24)28-29(22)25-27-21(15-32-25)18-12-17-4-1-2-5-23(17)30-14-18/h1-12,15,22H,13-14H2. The molecule has 0 N–H and O–H groups in total. The van der Waals surface area contributed by atoms with E-state index in [2.05, 4.69) is 80.2 Å². The van der Waals surface area contributed by atoms with Gasteiger partial charge >= 0.3 is 0 Å². The molecule has 158 valence electrons. The maximum absolute atomic E-state index is 5.95. The molecule has 4 nitrogen and oxygen atoms in total. The SMILES string of the molecule is Brc1ccc(C2CC(c3cccs3)=NN2c2nc(C3=Cc4ccccc4OC3)cs2)cc1. The molecule has 7 heteroatoms. The summed E-state index contributed by atoms with van der Waals surface area (Å²) in [6, 6.07) is 20.9. The van der Waals surface area contributed by atoms with Crippen molar-refractivity contribution >= 4 is 61.1 Å². The third kappa shape index (κ3) is 3.70. The van der Waals surface area contributed by atoms with Crippen LogP contribution in [0.5, 0.6) is 5.75 Å². The largest absolute Gasteiger partial charge is 0.488 e. The zero-order valence-corrected chi connectivity index (χ0v) is 20.2. The van der Waals surface area contributed by atoms with Gasteiger partial charge in [0.15, 0.2) is 0 Å². The molecule has 4 aromatic rings. The Bertz CT molecular complexity index is 1330. The molecule has 4 heterocycles. The van der Waals surface area contributed by atoms with Crippen molar-refractivity contribution in [1.29, 1.82) is 0 Å². The normalized spacial score (nSPS) is 17.5. The lowest BCUT2D eigenvalue weighted by molar-refractivity contribution is 0.365. The minimum Gasteiger partial charge on any atom is -0.488 e. The van der Waals surface area contributed by atoms with E-state index in [1.807, 2.05) is 18.2 Å². The minimum absolute atomic E-state index is 0.122. The van der Waals surface area contributed by atoms with E-state index in [9.17, 15) is 0 Å². The van der Waals surface area contributed by atoms with Gasteiger partial charge in [0.1, 0.15) is 12.4 Å². The lowest BCUT2D eigenvalue weighted by atomic mass is 10.0. The second-order valence-corrected chi connectivity index (χ2v) is 10.4. The number of anilines is 1. The van der Waals surface area contributed by atoms with Crippen LogP contribution < -0.4 is 9.75 Å². The van der Waals surface area contributed by atoms with Crippen LogP contribution in [0.25, 0.3) is 11.6 Å². The van der Waals surface area contributed by atoms with Gasteiger partial charge in [-0.2, -0.15) is 5.10 Å². The van der Waals surface area contributed by atoms with E-state index in [-0.39, 0.29) is 6.04 Å². The van der Waals surface area contributed by atoms with Gasteiger partial charge in [0, 0.05) is 27.4 Å². The van der Waals surface area contributed by atoms with Crippen LogP contribution >= 0.6 is 38.6 Å². The molecule has 32 heavy (non-hydrogen) atoms. The number of hydrogen-bond donors (Lipinski definition) is 0. The number of thiazole rings is 1. The van der Waals surface area contributed by atoms with Crippen molar-refractivity contribution in [3.8, 4) is 5.75 Å². The molecule has 0 radical (unpaired) electrons. The number of thiophene rings is 1. The van der Waals surface area contributed by atoms with Crippen molar-refractivity contribution in [2.45, 2.75) is 12.5 Å². The van der Waals surface area contributed by atoms with Crippen LogP contribution in [-0.2, 0) is 0 Å². The van der Waals surface area contributed by atoms with Crippen LogP contribution in [0, 0.1) is 0 Å². The molecular formula is C25H18BrN3OS2. The van der Waals surface area contributed by atoms with Crippen molar-refractivity contribution in [3.63, 3.8) is 0 Å². The molecule has 2 aliphatic rings. The van der Waals surface area contributed by atoms with Crippen molar-refractivity contribution in [2.24, 2.45) is 5.10 Å². The molecule has 0 bridgehead atoms. The van der Waals surface area contributed by atoms with E-state index >= 15 is 0 Å². The van der Waals surface area contributed by atoms with Gasteiger partial charge in [-0.15, -0.1) is 22.7 Å². The molecule has 0 saturated carbocycles. The van der Waals surface area contributed by atoms with Gasteiger partial charge < -0.3 is 4.74 Å². The number of halogens is 1. The van der Waals surface area contributed by atoms with E-state index < -0.39 is 0 Å². The van der Waals surface area contributed by atoms with Gasteiger partial charge in [0.25, 0.3) is 0 Å². The number of hydrazone groups is 1. The Balaban J connectivity index is 1.36. The zero-order valence-electron chi connectivity index (χ0n) is 16.9. The quantitative estimate of drug-likeness (QED) is 0.284. The zero-order chi connectivity index (χ0) is 21.5. The van der Waals surface area contributed by atoms with Crippen LogP contribution in [0.3, 0.4) is 0 Å². The van der Waals surface area contributed by atoms with Crippen molar-refractivity contribution in [3.05, 3.63) is 97.6 Å². The van der Waals surface area contributed by atoms with Gasteiger partial charge in [-0.25, -0.2) is 9.99 Å². The molecule has 0 fully saturated rings. The van der Waals surface area contributed by atoms with E-state index in [0.29, 0.717) is 6.61 Å². The summed E-state index contributed by atoms with van der Waals surface area (Å²) in [4.78, 5) is 6.20. The highest BCUT2D eigenvalue weighted by atomic mass is 79.9. The van der Waals surface area contributed by atoms with Crippen LogP contribution in [0.4, 0.5) is 5.13 Å². The first kappa shape index (κ1) is 19.9. The highest BCUT2D eigenvalue weighted by Gasteiger charge is 2.32. The third-order valence-electron chi connectivity index (χ3n) is 5.62. The van der Waals surface area contributed by atoms with Gasteiger partial charge in [0.05, 0.1) is 22.3 Å². The van der Waals surface area contributed by atoms with Gasteiger partial charge in [-0.3, -0.25) is 0 Å². The Hall–Kier alpha value is -2.74. The molecule has 6 rings (SSSR count). The predicted octanol–water partition coefficient (Wildman–Crippen LogP) is 7.26. The summed E-state index contributed by atoms with van der Waals surface area (Å²) in [5, 5.41) is 12.2. The first-order valence-corrected chi connectivity index (χ1v) is 12.8. The fraction of sp³-hybridized carbons (Fsp3) is 0.120. The molecule has 2 aromatic carbocycles. The van der Waals surface area contributed by atoms with Crippen molar-refractivity contribution in [1.82, 2.24) is 4.98 Å². The number of hydrogen-bond acceptors (Lipinski definition) is 6. The second-order valence-electron chi connectivity index (χ2n) is 7.65. The predicted molar refractivity (Wildman–Crippen MR) is 137 cm³/mol. The first-order chi connectivity index (χ1) is 15.7.